The number of hydrogen-bond donors (Lipinski definition) is 1. The number of nitrogens with one attached hydrogen (secondary N) is 1. The van der Waals surface area contributed by atoms with E-state index >= 15 is 0 Å². The number of ether oxygens (including phenoxy) is 3. The normalized spacial score (nSPS) is 17.0. The number of anilines is 1. The molecule has 1 atom stereocenters. The van der Waals surface area contributed by atoms with Crippen molar-refractivity contribution in [3.05, 3.63) is 29.3 Å². The molecule has 1 saturated heterocycles. The number of urea groups is 1. The summed E-state index contributed by atoms with van der Waals surface area (Å²) in [5, 5.41) is 2.23. The van der Waals surface area contributed by atoms with E-state index in [4.69, 9.17) is 4.74 Å². The summed E-state index contributed by atoms with van der Waals surface area (Å²) in [7, 11) is 2.23. The molecule has 1 aliphatic heterocycles. The Balaban J connectivity index is 2.14. The van der Waals surface area contributed by atoms with E-state index in [0.29, 0.717) is 6.07 Å². The molecule has 0 unspecified atom stereocenters. The Hall–Kier alpha value is -2.75. The highest BCUT2D eigenvalue weighted by Gasteiger charge is 2.30. The molecular formula is C15H16F2N2O6. The molecule has 1 aromatic rings. The van der Waals surface area contributed by atoms with Crippen molar-refractivity contribution in [2.45, 2.75) is 6.10 Å². The molecule has 136 valence electrons. The van der Waals surface area contributed by atoms with Gasteiger partial charge in [-0.15, -0.1) is 0 Å². The standard InChI is InChI=1S/C15H16F2N2O6/c1-23-13(20)8-5-11(10(17)6-9(8)16)18-15(22)19-3-4-25-12(7-19)14(21)24-2/h5-6,12H,3-4,7H2,1-2H3,(H,18,22)/t12-/m0/s1. The summed E-state index contributed by atoms with van der Waals surface area (Å²) in [6, 6.07) is 0.573. The van der Waals surface area contributed by atoms with E-state index in [2.05, 4.69) is 14.8 Å². The molecular weight excluding hydrogens is 342 g/mol. The summed E-state index contributed by atoms with van der Waals surface area (Å²) in [6.07, 6.45) is -0.951. The van der Waals surface area contributed by atoms with Gasteiger partial charge in [0.15, 0.2) is 6.10 Å². The predicted octanol–water partition coefficient (Wildman–Crippen LogP) is 1.16. The van der Waals surface area contributed by atoms with Gasteiger partial charge in [-0.2, -0.15) is 0 Å². The predicted molar refractivity (Wildman–Crippen MR) is 80.0 cm³/mol. The molecule has 1 heterocycles. The van der Waals surface area contributed by atoms with Gasteiger partial charge in [-0.05, 0) is 6.07 Å². The molecule has 2 amide bonds. The van der Waals surface area contributed by atoms with Gasteiger partial charge in [0.1, 0.15) is 11.6 Å². The molecule has 2 rings (SSSR count). The Morgan fingerprint density at radius 2 is 1.92 bits per heavy atom. The average Bonchev–Trinajstić information content (AvgIpc) is 2.62. The third-order valence-electron chi connectivity index (χ3n) is 3.52. The fourth-order valence-corrected chi connectivity index (χ4v) is 2.21. The van der Waals surface area contributed by atoms with Crippen LogP contribution in [0.2, 0.25) is 0 Å². The number of methoxy groups -OCH3 is 2. The lowest BCUT2D eigenvalue weighted by molar-refractivity contribution is -0.158. The van der Waals surface area contributed by atoms with Gasteiger partial charge in [-0.25, -0.2) is 23.2 Å². The first-order chi connectivity index (χ1) is 11.9. The van der Waals surface area contributed by atoms with Crippen LogP contribution < -0.4 is 5.32 Å². The Labute approximate surface area is 141 Å². The minimum atomic E-state index is -1.11. The van der Waals surface area contributed by atoms with Gasteiger partial charge in [0.25, 0.3) is 0 Å². The summed E-state index contributed by atoms with van der Waals surface area (Å²) < 4.78 is 41.6. The summed E-state index contributed by atoms with van der Waals surface area (Å²) in [6.45, 7) is 0.156. The summed E-state index contributed by atoms with van der Waals surface area (Å²) in [5.41, 5.74) is -0.915. The van der Waals surface area contributed by atoms with Crippen LogP contribution in [-0.2, 0) is 19.0 Å². The Kier molecular flexibility index (Phi) is 5.86. The van der Waals surface area contributed by atoms with Crippen LogP contribution in [0.5, 0.6) is 0 Å². The molecule has 10 heteroatoms. The monoisotopic (exact) mass is 358 g/mol. The maximum absolute atomic E-state index is 13.9. The zero-order valence-electron chi connectivity index (χ0n) is 13.5. The van der Waals surface area contributed by atoms with Crippen LogP contribution in [0.3, 0.4) is 0 Å². The van der Waals surface area contributed by atoms with Crippen molar-refractivity contribution in [3.63, 3.8) is 0 Å². The highest BCUT2D eigenvalue weighted by Crippen LogP contribution is 2.21. The highest BCUT2D eigenvalue weighted by atomic mass is 19.1. The minimum absolute atomic E-state index is 0.0898. The molecule has 0 spiro atoms. The third kappa shape index (κ3) is 4.21. The molecule has 0 aliphatic carbocycles. The fourth-order valence-electron chi connectivity index (χ4n) is 2.21. The van der Waals surface area contributed by atoms with Crippen LogP contribution in [0.25, 0.3) is 0 Å². The summed E-state index contributed by atoms with van der Waals surface area (Å²) in [4.78, 5) is 36.4. The lowest BCUT2D eigenvalue weighted by Gasteiger charge is -2.31. The molecule has 0 radical (unpaired) electrons. The highest BCUT2D eigenvalue weighted by molar-refractivity contribution is 5.94. The first kappa shape index (κ1) is 18.6. The Morgan fingerprint density at radius 3 is 2.56 bits per heavy atom. The van der Waals surface area contributed by atoms with E-state index in [0.717, 1.165) is 13.2 Å². The zero-order valence-corrected chi connectivity index (χ0v) is 13.5. The van der Waals surface area contributed by atoms with Crippen LogP contribution in [0.15, 0.2) is 12.1 Å². The van der Waals surface area contributed by atoms with Crippen molar-refractivity contribution in [2.75, 3.05) is 39.2 Å². The molecule has 1 N–H and O–H groups in total. The second kappa shape index (κ2) is 7.88. The van der Waals surface area contributed by atoms with Crippen LogP contribution in [-0.4, -0.2) is 62.9 Å². The molecule has 1 aromatic carbocycles. The largest absolute Gasteiger partial charge is 0.467 e. The lowest BCUT2D eigenvalue weighted by Crippen LogP contribution is -2.50. The number of benzene rings is 1. The van der Waals surface area contributed by atoms with E-state index in [1.807, 2.05) is 0 Å². The Morgan fingerprint density at radius 1 is 1.20 bits per heavy atom. The van der Waals surface area contributed by atoms with Crippen molar-refractivity contribution in [3.8, 4) is 0 Å². The zero-order chi connectivity index (χ0) is 18.6. The van der Waals surface area contributed by atoms with Crippen molar-refractivity contribution in [1.29, 1.82) is 0 Å². The SMILES string of the molecule is COC(=O)c1cc(NC(=O)N2CCO[C@H](C(=O)OC)C2)c(F)cc1F. The van der Waals surface area contributed by atoms with Crippen LogP contribution in [0.1, 0.15) is 10.4 Å². The molecule has 0 bridgehead atoms. The maximum Gasteiger partial charge on any atom is 0.340 e. The second-order valence-electron chi connectivity index (χ2n) is 5.06. The first-order valence-corrected chi connectivity index (χ1v) is 7.20. The molecule has 1 fully saturated rings. The maximum atomic E-state index is 13.9. The minimum Gasteiger partial charge on any atom is -0.467 e. The first-order valence-electron chi connectivity index (χ1n) is 7.20. The van der Waals surface area contributed by atoms with Gasteiger partial charge in [-0.3, -0.25) is 0 Å². The molecule has 1 aliphatic rings. The van der Waals surface area contributed by atoms with Crippen LogP contribution in [0, 0.1) is 11.6 Å². The number of rotatable bonds is 3. The fraction of sp³-hybridized carbons (Fsp3) is 0.400. The van der Waals surface area contributed by atoms with Gasteiger partial charge in [0, 0.05) is 12.6 Å². The quantitative estimate of drug-likeness (QED) is 0.815. The number of nitrogens with zero attached hydrogens (tertiary/aromatic N) is 1. The number of carbonyl (C=O) groups is 3. The van der Waals surface area contributed by atoms with Crippen molar-refractivity contribution in [1.82, 2.24) is 4.90 Å². The average molecular weight is 358 g/mol. The molecule has 0 saturated carbocycles. The van der Waals surface area contributed by atoms with Gasteiger partial charge in [0.2, 0.25) is 0 Å². The summed E-state index contributed by atoms with van der Waals surface area (Å²) in [5.74, 6) is -3.82. The van der Waals surface area contributed by atoms with Gasteiger partial charge in [-0.1, -0.05) is 0 Å². The van der Waals surface area contributed by atoms with Gasteiger partial charge in [0.05, 0.1) is 38.6 Å². The van der Waals surface area contributed by atoms with Crippen molar-refractivity contribution < 1.29 is 37.4 Å². The molecule has 8 nitrogen and oxygen atoms in total. The molecule has 0 aromatic heterocycles. The van der Waals surface area contributed by atoms with Crippen LogP contribution in [0.4, 0.5) is 19.3 Å². The van der Waals surface area contributed by atoms with E-state index in [9.17, 15) is 23.2 Å². The van der Waals surface area contributed by atoms with Crippen molar-refractivity contribution >= 4 is 23.7 Å². The lowest BCUT2D eigenvalue weighted by atomic mass is 10.1. The third-order valence-corrected chi connectivity index (χ3v) is 3.52. The molecule has 25 heavy (non-hydrogen) atoms. The number of carbonyl (C=O) groups excluding carboxylic acids is 3. The topological polar surface area (TPSA) is 94.2 Å². The Bertz CT molecular complexity index is 697. The van der Waals surface area contributed by atoms with E-state index in [1.54, 1.807) is 0 Å². The van der Waals surface area contributed by atoms with Crippen LogP contribution >= 0.6 is 0 Å². The number of halogens is 2. The number of esters is 2. The summed E-state index contributed by atoms with van der Waals surface area (Å²) >= 11 is 0. The smallest absolute Gasteiger partial charge is 0.340 e. The second-order valence-corrected chi connectivity index (χ2v) is 5.06. The van der Waals surface area contributed by atoms with Gasteiger partial charge < -0.3 is 24.4 Å². The van der Waals surface area contributed by atoms with E-state index in [1.165, 1.54) is 12.0 Å². The number of hydrogen-bond acceptors (Lipinski definition) is 6. The van der Waals surface area contributed by atoms with Crippen molar-refractivity contribution in [2.24, 2.45) is 0 Å². The number of amides is 2. The van der Waals surface area contributed by atoms with Gasteiger partial charge >= 0.3 is 18.0 Å². The van der Waals surface area contributed by atoms with E-state index in [-0.39, 0.29) is 19.7 Å². The number of morpholine rings is 1. The van der Waals surface area contributed by atoms with E-state index < -0.39 is 47.0 Å².